The number of ether oxygens (including phenoxy) is 5. The molecular weight excluding hydrogens is 404 g/mol. The lowest BCUT2D eigenvalue weighted by molar-refractivity contribution is -0.236. The van der Waals surface area contributed by atoms with Gasteiger partial charge in [0.2, 0.25) is 6.10 Å². The Kier molecular flexibility index (Phi) is 8.89. The summed E-state index contributed by atoms with van der Waals surface area (Å²) in [5.74, 6) is -3.82. The van der Waals surface area contributed by atoms with Gasteiger partial charge in [-0.15, -0.1) is 0 Å². The normalized spacial score (nSPS) is 28.8. The summed E-state index contributed by atoms with van der Waals surface area (Å²) in [5.41, 5.74) is -3.97. The van der Waals surface area contributed by atoms with Crippen LogP contribution in [-0.2, 0) is 38.1 Å². The van der Waals surface area contributed by atoms with Crippen LogP contribution in [0.1, 0.15) is 91.4 Å². The van der Waals surface area contributed by atoms with Crippen LogP contribution in [0.5, 0.6) is 0 Å². The summed E-state index contributed by atoms with van der Waals surface area (Å²) >= 11 is 0. The highest BCUT2D eigenvalue weighted by atomic mass is 16.8. The topological polar surface area (TPSA) is 97.4 Å². The molecule has 0 spiro atoms. The molecule has 178 valence electrons. The van der Waals surface area contributed by atoms with Crippen molar-refractivity contribution >= 4 is 17.9 Å². The zero-order valence-corrected chi connectivity index (χ0v) is 19.6. The number of fused-ring (bicyclic) bond motifs is 1. The van der Waals surface area contributed by atoms with E-state index in [4.69, 9.17) is 23.7 Å². The molecule has 0 aromatic heterocycles. The van der Waals surface area contributed by atoms with Gasteiger partial charge in [0.1, 0.15) is 0 Å². The SMILES string of the molecule is CCCCCCCCCCCC[C@@]1(C(=O)OC)OC(=O)[C@H]2OC(C)(C)O[C@]21C(=O)OC. The first-order chi connectivity index (χ1) is 14.7. The molecule has 0 unspecified atom stereocenters. The summed E-state index contributed by atoms with van der Waals surface area (Å²) in [6, 6.07) is 0. The quantitative estimate of drug-likeness (QED) is 0.241. The molecule has 2 aliphatic heterocycles. The third-order valence-electron chi connectivity index (χ3n) is 6.15. The second-order valence-electron chi connectivity index (χ2n) is 8.90. The molecule has 2 fully saturated rings. The number of carbonyl (C=O) groups is 3. The van der Waals surface area contributed by atoms with Crippen molar-refractivity contribution in [1.82, 2.24) is 0 Å². The average molecular weight is 443 g/mol. The molecule has 3 atom stereocenters. The standard InChI is InChI=1S/C23H38O8/c1-6-7-8-9-10-11-12-13-14-15-16-22(19(25)27-4)23(20(26)28-5)17(18(24)30-22)29-21(2,3)31-23/h17H,6-16H2,1-5H3/t17-,22+,23+/m1/s1. The van der Waals surface area contributed by atoms with Crippen LogP contribution in [0.25, 0.3) is 0 Å². The zero-order chi connectivity index (χ0) is 23.1. The molecule has 0 aromatic rings. The molecule has 0 radical (unpaired) electrons. The smallest absolute Gasteiger partial charge is 0.354 e. The maximum Gasteiger partial charge on any atom is 0.354 e. The van der Waals surface area contributed by atoms with Gasteiger partial charge >= 0.3 is 17.9 Å². The first-order valence-electron chi connectivity index (χ1n) is 11.5. The van der Waals surface area contributed by atoms with Gasteiger partial charge in [-0.3, -0.25) is 0 Å². The van der Waals surface area contributed by atoms with Gasteiger partial charge in [-0.1, -0.05) is 64.7 Å². The van der Waals surface area contributed by atoms with Gasteiger partial charge in [-0.2, -0.15) is 0 Å². The molecule has 0 bridgehead atoms. The van der Waals surface area contributed by atoms with E-state index in [1.807, 2.05) is 0 Å². The van der Waals surface area contributed by atoms with Crippen LogP contribution in [0.3, 0.4) is 0 Å². The zero-order valence-electron chi connectivity index (χ0n) is 19.6. The van der Waals surface area contributed by atoms with Crippen LogP contribution in [-0.4, -0.2) is 55.2 Å². The largest absolute Gasteiger partial charge is 0.467 e. The van der Waals surface area contributed by atoms with Crippen molar-refractivity contribution in [2.45, 2.75) is 114 Å². The molecule has 8 nitrogen and oxygen atoms in total. The average Bonchev–Trinajstić information content (AvgIpc) is 3.16. The lowest BCUT2D eigenvalue weighted by Gasteiger charge is -2.37. The van der Waals surface area contributed by atoms with Crippen LogP contribution >= 0.6 is 0 Å². The third kappa shape index (κ3) is 5.06. The Morgan fingerprint density at radius 2 is 1.39 bits per heavy atom. The Bertz CT molecular complexity index is 645. The highest BCUT2D eigenvalue weighted by molar-refractivity contribution is 6.03. The Morgan fingerprint density at radius 1 is 0.871 bits per heavy atom. The predicted molar refractivity (Wildman–Crippen MR) is 112 cm³/mol. The minimum atomic E-state index is -2.03. The van der Waals surface area contributed by atoms with E-state index in [0.29, 0.717) is 6.42 Å². The van der Waals surface area contributed by atoms with Crippen LogP contribution in [0.15, 0.2) is 0 Å². The first-order valence-corrected chi connectivity index (χ1v) is 11.5. The minimum Gasteiger partial charge on any atom is -0.467 e. The van der Waals surface area contributed by atoms with Crippen LogP contribution in [0, 0.1) is 0 Å². The van der Waals surface area contributed by atoms with Crippen molar-refractivity contribution in [3.8, 4) is 0 Å². The molecule has 0 saturated carbocycles. The lowest BCUT2D eigenvalue weighted by atomic mass is 9.77. The summed E-state index contributed by atoms with van der Waals surface area (Å²) in [6.45, 7) is 5.36. The monoisotopic (exact) mass is 442 g/mol. The van der Waals surface area contributed by atoms with E-state index in [0.717, 1.165) is 19.3 Å². The van der Waals surface area contributed by atoms with E-state index >= 15 is 0 Å². The highest BCUT2D eigenvalue weighted by Gasteiger charge is 2.82. The Hall–Kier alpha value is -1.67. The van der Waals surface area contributed by atoms with Gasteiger partial charge in [0.05, 0.1) is 14.2 Å². The maximum absolute atomic E-state index is 12.9. The number of rotatable bonds is 13. The van der Waals surface area contributed by atoms with Crippen molar-refractivity contribution in [2.75, 3.05) is 14.2 Å². The van der Waals surface area contributed by atoms with Crippen molar-refractivity contribution in [3.63, 3.8) is 0 Å². The minimum absolute atomic E-state index is 0.0902. The molecular formula is C23H38O8. The second kappa shape index (κ2) is 10.8. The van der Waals surface area contributed by atoms with Gasteiger partial charge in [0.25, 0.3) is 11.2 Å². The Balaban J connectivity index is 2.06. The molecule has 0 aromatic carbocycles. The fraction of sp³-hybridized carbons (Fsp3) is 0.870. The number of hydrogen-bond acceptors (Lipinski definition) is 8. The summed E-state index contributed by atoms with van der Waals surface area (Å²) in [5, 5.41) is 0. The molecule has 2 aliphatic rings. The summed E-state index contributed by atoms with van der Waals surface area (Å²) in [7, 11) is 2.36. The second-order valence-corrected chi connectivity index (χ2v) is 8.90. The number of methoxy groups -OCH3 is 2. The Labute approximate surface area is 185 Å². The van der Waals surface area contributed by atoms with Crippen LogP contribution < -0.4 is 0 Å². The van der Waals surface area contributed by atoms with E-state index < -0.39 is 41.0 Å². The molecule has 2 rings (SSSR count). The van der Waals surface area contributed by atoms with Crippen molar-refractivity contribution in [3.05, 3.63) is 0 Å². The number of unbranched alkanes of at least 4 members (excludes halogenated alkanes) is 9. The van der Waals surface area contributed by atoms with E-state index in [1.165, 1.54) is 52.7 Å². The summed E-state index contributed by atoms with van der Waals surface area (Å²) < 4.78 is 27.0. The van der Waals surface area contributed by atoms with Gasteiger partial charge < -0.3 is 23.7 Å². The molecule has 0 aliphatic carbocycles. The van der Waals surface area contributed by atoms with Gasteiger partial charge in [0.15, 0.2) is 5.79 Å². The fourth-order valence-electron chi connectivity index (χ4n) is 4.66. The number of carbonyl (C=O) groups excluding carboxylic acids is 3. The molecule has 2 saturated heterocycles. The van der Waals surface area contributed by atoms with Gasteiger partial charge in [-0.05, 0) is 20.3 Å². The summed E-state index contributed by atoms with van der Waals surface area (Å²) in [4.78, 5) is 38.5. The molecule has 0 amide bonds. The number of esters is 3. The van der Waals surface area contributed by atoms with Crippen molar-refractivity contribution in [1.29, 1.82) is 0 Å². The van der Waals surface area contributed by atoms with Crippen LogP contribution in [0.2, 0.25) is 0 Å². The fourth-order valence-corrected chi connectivity index (χ4v) is 4.66. The number of hydrogen-bond donors (Lipinski definition) is 0. The molecule has 2 heterocycles. The van der Waals surface area contributed by atoms with Crippen molar-refractivity contribution < 1.29 is 38.1 Å². The van der Waals surface area contributed by atoms with Crippen molar-refractivity contribution in [2.24, 2.45) is 0 Å². The Morgan fingerprint density at radius 3 is 1.90 bits per heavy atom. The van der Waals surface area contributed by atoms with E-state index in [2.05, 4.69) is 6.92 Å². The molecule has 31 heavy (non-hydrogen) atoms. The number of cyclic esters (lactones) is 1. The predicted octanol–water partition coefficient (Wildman–Crippen LogP) is 3.83. The highest BCUT2D eigenvalue weighted by Crippen LogP contribution is 2.53. The van der Waals surface area contributed by atoms with Gasteiger partial charge in [-0.25, -0.2) is 14.4 Å². The third-order valence-corrected chi connectivity index (χ3v) is 6.15. The molecule has 0 N–H and O–H groups in total. The summed E-state index contributed by atoms with van der Waals surface area (Å²) in [6.07, 6.45) is 9.70. The lowest BCUT2D eigenvalue weighted by Crippen LogP contribution is -2.65. The van der Waals surface area contributed by atoms with Crippen LogP contribution in [0.4, 0.5) is 0 Å². The first kappa shape index (κ1) is 25.6. The molecule has 8 heteroatoms. The van der Waals surface area contributed by atoms with E-state index in [-0.39, 0.29) is 6.42 Å². The van der Waals surface area contributed by atoms with E-state index in [9.17, 15) is 14.4 Å². The van der Waals surface area contributed by atoms with E-state index in [1.54, 1.807) is 13.8 Å². The van der Waals surface area contributed by atoms with Gasteiger partial charge in [0, 0.05) is 6.42 Å². The maximum atomic E-state index is 12.9.